The Balaban J connectivity index is 3.75. The molecule has 0 aliphatic carbocycles. The normalized spacial score (nSPS) is 13.4. The van der Waals surface area contributed by atoms with Gasteiger partial charge in [-0.1, -0.05) is 155 Å². The van der Waals surface area contributed by atoms with Crippen LogP contribution in [-0.4, -0.2) is 36.4 Å². The third-order valence-electron chi connectivity index (χ3n) is 7.33. The lowest BCUT2D eigenvalue weighted by Crippen LogP contribution is -2.28. The molecule has 1 unspecified atom stereocenters. The molecule has 0 aromatic carbocycles. The Labute approximate surface area is 300 Å². The lowest BCUT2D eigenvalue weighted by molar-refractivity contribution is -0.161. The Bertz CT molecular complexity index is 1040. The predicted octanol–water partition coefficient (Wildman–Crippen LogP) is 11.9. The van der Waals surface area contributed by atoms with Crippen LogP contribution in [0.2, 0.25) is 0 Å². The monoisotopic (exact) mass is 677 g/mol. The van der Waals surface area contributed by atoms with Gasteiger partial charge in [-0.05, 0) is 77.0 Å². The highest BCUT2D eigenvalue weighted by Gasteiger charge is 2.15. The zero-order valence-electron chi connectivity index (χ0n) is 30.9. The lowest BCUT2D eigenvalue weighted by Gasteiger charge is -2.15. The van der Waals surface area contributed by atoms with Crippen LogP contribution in [-0.2, 0) is 19.1 Å². The maximum Gasteiger partial charge on any atom is 0.306 e. The predicted molar refractivity (Wildman–Crippen MR) is 209 cm³/mol. The van der Waals surface area contributed by atoms with Crippen molar-refractivity contribution in [2.24, 2.45) is 0 Å². The van der Waals surface area contributed by atoms with Gasteiger partial charge < -0.3 is 14.6 Å². The molecule has 0 aromatic heterocycles. The molecule has 0 bridgehead atoms. The minimum Gasteiger partial charge on any atom is -0.462 e. The number of unbranched alkanes of at least 4 members (excludes halogenated alkanes) is 6. The van der Waals surface area contributed by atoms with E-state index in [4.69, 9.17) is 9.47 Å². The van der Waals surface area contributed by atoms with E-state index in [0.29, 0.717) is 12.8 Å². The van der Waals surface area contributed by atoms with E-state index < -0.39 is 6.10 Å². The number of hydrogen-bond acceptors (Lipinski definition) is 5. The Morgan fingerprint density at radius 3 is 1.31 bits per heavy atom. The number of allylic oxidation sites excluding steroid dienone is 18. The summed E-state index contributed by atoms with van der Waals surface area (Å²) in [5.74, 6) is -0.684. The highest BCUT2D eigenvalue weighted by atomic mass is 16.6. The summed E-state index contributed by atoms with van der Waals surface area (Å²) in [6.45, 7) is 3.87. The molecule has 1 N–H and O–H groups in total. The number of aliphatic hydroxyl groups excluding tert-OH is 1. The largest absolute Gasteiger partial charge is 0.462 e. The van der Waals surface area contributed by atoms with Gasteiger partial charge in [0.2, 0.25) is 0 Å². The van der Waals surface area contributed by atoms with Crippen molar-refractivity contribution in [3.63, 3.8) is 0 Å². The molecule has 0 aromatic rings. The van der Waals surface area contributed by atoms with Gasteiger partial charge >= 0.3 is 11.9 Å². The van der Waals surface area contributed by atoms with Crippen LogP contribution >= 0.6 is 0 Å². The summed E-state index contributed by atoms with van der Waals surface area (Å²) in [5.41, 5.74) is 0. The fourth-order valence-electron chi connectivity index (χ4n) is 4.49. The molecule has 0 radical (unpaired) electrons. The van der Waals surface area contributed by atoms with E-state index in [1.165, 1.54) is 19.3 Å². The van der Waals surface area contributed by atoms with E-state index in [2.05, 4.69) is 123 Å². The smallest absolute Gasteiger partial charge is 0.306 e. The molecule has 0 heterocycles. The molecule has 0 saturated carbocycles. The zero-order valence-corrected chi connectivity index (χ0v) is 30.9. The van der Waals surface area contributed by atoms with E-state index in [1.807, 2.05) is 0 Å². The van der Waals surface area contributed by atoms with Crippen LogP contribution in [0.15, 0.2) is 109 Å². The van der Waals surface area contributed by atoms with E-state index in [9.17, 15) is 14.7 Å². The van der Waals surface area contributed by atoms with Crippen molar-refractivity contribution in [1.82, 2.24) is 0 Å². The van der Waals surface area contributed by atoms with Gasteiger partial charge in [0.15, 0.2) is 6.10 Å². The van der Waals surface area contributed by atoms with Crippen LogP contribution < -0.4 is 0 Å². The first-order chi connectivity index (χ1) is 24.1. The molecule has 274 valence electrons. The number of carbonyl (C=O) groups is 2. The summed E-state index contributed by atoms with van der Waals surface area (Å²) in [7, 11) is 0. The number of hydrogen-bond donors (Lipinski definition) is 1. The molecular formula is C44H68O5. The molecule has 0 spiro atoms. The third-order valence-corrected chi connectivity index (χ3v) is 7.33. The van der Waals surface area contributed by atoms with Crippen LogP contribution in [0.25, 0.3) is 0 Å². The average Bonchev–Trinajstić information content (AvgIpc) is 3.10. The van der Waals surface area contributed by atoms with Crippen molar-refractivity contribution in [3.05, 3.63) is 109 Å². The molecule has 5 heteroatoms. The average molecular weight is 677 g/mol. The van der Waals surface area contributed by atoms with Gasteiger partial charge in [0, 0.05) is 12.8 Å². The third kappa shape index (κ3) is 37.2. The first kappa shape index (κ1) is 45.6. The van der Waals surface area contributed by atoms with Gasteiger partial charge in [-0.3, -0.25) is 9.59 Å². The van der Waals surface area contributed by atoms with Crippen LogP contribution in [0.5, 0.6) is 0 Å². The second kappa shape index (κ2) is 39.0. The molecule has 0 fully saturated rings. The summed E-state index contributed by atoms with van der Waals surface area (Å²) in [6, 6.07) is 0. The highest BCUT2D eigenvalue weighted by molar-refractivity contribution is 5.70. The maximum atomic E-state index is 12.1. The van der Waals surface area contributed by atoms with Gasteiger partial charge in [-0.15, -0.1) is 0 Å². The number of rotatable bonds is 32. The first-order valence-electron chi connectivity index (χ1n) is 18.9. The van der Waals surface area contributed by atoms with Gasteiger partial charge in [0.05, 0.1) is 6.61 Å². The zero-order chi connectivity index (χ0) is 35.7. The summed E-state index contributed by atoms with van der Waals surface area (Å²) < 4.78 is 10.4. The van der Waals surface area contributed by atoms with Gasteiger partial charge in [0.25, 0.3) is 0 Å². The second-order valence-electron chi connectivity index (χ2n) is 11.9. The molecule has 0 aliphatic rings. The molecule has 0 saturated heterocycles. The quantitative estimate of drug-likeness (QED) is 0.0436. The van der Waals surface area contributed by atoms with E-state index >= 15 is 0 Å². The molecule has 49 heavy (non-hydrogen) atoms. The minimum absolute atomic E-state index is 0.0964. The lowest BCUT2D eigenvalue weighted by atomic mass is 10.1. The molecule has 0 rings (SSSR count). The molecule has 0 aliphatic heterocycles. The Hall–Kier alpha value is -3.44. The SMILES string of the molecule is CC/C=C\C/C=C\C/C=C\C/C=C\C/C=C\C/C=C\C/C=C\C/C=C\C/C=C\CCCC(=O)OC(CO)COC(=O)CCCCCCCC. The fraction of sp³-hybridized carbons (Fsp3) is 0.545. The first-order valence-corrected chi connectivity index (χ1v) is 18.9. The van der Waals surface area contributed by atoms with Crippen molar-refractivity contribution in [2.45, 2.75) is 142 Å². The molecule has 0 amide bonds. The van der Waals surface area contributed by atoms with Crippen molar-refractivity contribution in [3.8, 4) is 0 Å². The van der Waals surface area contributed by atoms with Gasteiger partial charge in [0.1, 0.15) is 6.61 Å². The number of aliphatic hydroxyl groups is 1. The van der Waals surface area contributed by atoms with Gasteiger partial charge in [-0.2, -0.15) is 0 Å². The van der Waals surface area contributed by atoms with E-state index in [1.54, 1.807) is 0 Å². The van der Waals surface area contributed by atoms with Gasteiger partial charge in [-0.25, -0.2) is 0 Å². The minimum atomic E-state index is -0.804. The van der Waals surface area contributed by atoms with E-state index in [0.717, 1.165) is 83.5 Å². The highest BCUT2D eigenvalue weighted by Crippen LogP contribution is 2.09. The summed E-state index contributed by atoms with van der Waals surface area (Å²) in [6.07, 6.45) is 56.1. The van der Waals surface area contributed by atoms with Crippen molar-refractivity contribution in [1.29, 1.82) is 0 Å². The Kier molecular flexibility index (Phi) is 36.3. The molecule has 5 nitrogen and oxygen atoms in total. The van der Waals surface area contributed by atoms with Crippen molar-refractivity contribution in [2.75, 3.05) is 13.2 Å². The molecule has 1 atom stereocenters. The Morgan fingerprint density at radius 2 is 0.878 bits per heavy atom. The summed E-state index contributed by atoms with van der Waals surface area (Å²) >= 11 is 0. The van der Waals surface area contributed by atoms with Crippen LogP contribution in [0.3, 0.4) is 0 Å². The summed E-state index contributed by atoms with van der Waals surface area (Å²) in [4.78, 5) is 24.0. The summed E-state index contributed by atoms with van der Waals surface area (Å²) in [5, 5.41) is 9.47. The van der Waals surface area contributed by atoms with Crippen LogP contribution in [0, 0.1) is 0 Å². The van der Waals surface area contributed by atoms with E-state index in [-0.39, 0.29) is 31.6 Å². The van der Waals surface area contributed by atoms with Crippen LogP contribution in [0.4, 0.5) is 0 Å². The maximum absolute atomic E-state index is 12.1. The Morgan fingerprint density at radius 1 is 0.490 bits per heavy atom. The van der Waals surface area contributed by atoms with Crippen molar-refractivity contribution >= 4 is 11.9 Å². The standard InChI is InChI=1S/C44H68O5/c1-3-5-7-9-11-12-13-14-15-16-17-18-19-20-21-22-23-24-25-26-27-28-29-30-31-32-33-35-37-39-44(47)49-42(40-45)41-48-43(46)38-36-34-10-8-6-4-2/h5,7,11-12,14-15,17-18,20-21,23-24,26-27,29-30,32-33,42,45H,3-4,6,8-10,13,16,19,22,25,28,31,34-41H2,1-2H3/b7-5-,12-11-,15-14-,18-17-,21-20-,24-23-,27-26-,30-29-,33-32-. The topological polar surface area (TPSA) is 72.8 Å². The fourth-order valence-corrected chi connectivity index (χ4v) is 4.49. The second-order valence-corrected chi connectivity index (χ2v) is 11.9. The number of carbonyl (C=O) groups excluding carboxylic acids is 2. The van der Waals surface area contributed by atoms with Crippen LogP contribution in [0.1, 0.15) is 136 Å². The number of esters is 2. The number of ether oxygens (including phenoxy) is 2. The van der Waals surface area contributed by atoms with Crippen molar-refractivity contribution < 1.29 is 24.2 Å². The molecular weight excluding hydrogens is 608 g/mol.